The van der Waals surface area contributed by atoms with Gasteiger partial charge in [0.2, 0.25) is 5.91 Å². The number of hydrogen-bond donors (Lipinski definition) is 1. The van der Waals surface area contributed by atoms with E-state index in [1.165, 1.54) is 0 Å². The number of rotatable bonds is 11. The van der Waals surface area contributed by atoms with Gasteiger partial charge in [0.05, 0.1) is 0 Å². The Morgan fingerprint density at radius 2 is 1.63 bits per heavy atom. The van der Waals surface area contributed by atoms with E-state index in [9.17, 15) is 9.59 Å². The second-order valence-electron chi connectivity index (χ2n) is 8.42. The molecule has 0 saturated carbocycles. The predicted molar refractivity (Wildman–Crippen MR) is 141 cm³/mol. The van der Waals surface area contributed by atoms with Gasteiger partial charge in [-0.2, -0.15) is 0 Å². The van der Waals surface area contributed by atoms with Gasteiger partial charge in [0, 0.05) is 29.1 Å². The SMILES string of the molecule is CCC(C)NC(=O)C(Cc1ccccc1)N(Cc1ccc(Cl)cc1)C(=O)COc1cccc(Cl)c1. The van der Waals surface area contributed by atoms with Gasteiger partial charge in [-0.25, -0.2) is 0 Å². The Kier molecular flexibility index (Phi) is 10.0. The number of nitrogens with one attached hydrogen (secondary N) is 1. The zero-order valence-electron chi connectivity index (χ0n) is 19.9. The summed E-state index contributed by atoms with van der Waals surface area (Å²) >= 11 is 12.1. The molecular weight excluding hydrogens is 483 g/mol. The fourth-order valence-corrected chi connectivity index (χ4v) is 3.87. The first-order valence-corrected chi connectivity index (χ1v) is 12.4. The lowest BCUT2D eigenvalue weighted by molar-refractivity contribution is -0.143. The number of amides is 2. The van der Waals surface area contributed by atoms with Crippen LogP contribution in [0.3, 0.4) is 0 Å². The number of carbonyl (C=O) groups excluding carboxylic acids is 2. The van der Waals surface area contributed by atoms with Crippen molar-refractivity contribution in [2.75, 3.05) is 6.61 Å². The van der Waals surface area contributed by atoms with Gasteiger partial charge in [-0.15, -0.1) is 0 Å². The fourth-order valence-electron chi connectivity index (χ4n) is 3.57. The number of halogens is 2. The average molecular weight is 513 g/mol. The Morgan fingerprint density at radius 3 is 2.29 bits per heavy atom. The second kappa shape index (κ2) is 13.2. The Morgan fingerprint density at radius 1 is 0.914 bits per heavy atom. The fraction of sp³-hybridized carbons (Fsp3) is 0.286. The molecule has 0 bridgehead atoms. The van der Waals surface area contributed by atoms with Crippen molar-refractivity contribution in [1.82, 2.24) is 10.2 Å². The summed E-state index contributed by atoms with van der Waals surface area (Å²) in [6, 6.07) is 23.1. The Bertz CT molecular complexity index is 1110. The van der Waals surface area contributed by atoms with Gasteiger partial charge >= 0.3 is 0 Å². The Hall–Kier alpha value is -3.02. The standard InChI is InChI=1S/C28H30Cl2N2O3/c1-3-20(2)31-28(34)26(16-21-8-5-4-6-9-21)32(18-22-12-14-23(29)15-13-22)27(33)19-35-25-11-7-10-24(30)17-25/h4-15,17,20,26H,3,16,18-19H2,1-2H3,(H,31,34). The topological polar surface area (TPSA) is 58.6 Å². The summed E-state index contributed by atoms with van der Waals surface area (Å²) in [5, 5.41) is 4.17. The minimum atomic E-state index is -0.725. The highest BCUT2D eigenvalue weighted by Gasteiger charge is 2.31. The molecule has 2 atom stereocenters. The molecule has 184 valence electrons. The third kappa shape index (κ3) is 8.30. The molecule has 3 rings (SSSR count). The van der Waals surface area contributed by atoms with Gasteiger partial charge in [-0.05, 0) is 54.8 Å². The summed E-state index contributed by atoms with van der Waals surface area (Å²) in [6.07, 6.45) is 1.16. The molecule has 0 aliphatic carbocycles. The van der Waals surface area contributed by atoms with Gasteiger partial charge in [0.1, 0.15) is 11.8 Å². The van der Waals surface area contributed by atoms with Crippen molar-refractivity contribution in [3.8, 4) is 5.75 Å². The number of nitrogens with zero attached hydrogens (tertiary/aromatic N) is 1. The molecule has 2 amide bonds. The first-order chi connectivity index (χ1) is 16.9. The van der Waals surface area contributed by atoms with Crippen LogP contribution in [0.4, 0.5) is 0 Å². The quantitative estimate of drug-likeness (QED) is 0.346. The van der Waals surface area contributed by atoms with Crippen LogP contribution in [0.25, 0.3) is 0 Å². The number of benzene rings is 3. The van der Waals surface area contributed by atoms with Crippen molar-refractivity contribution in [3.05, 3.63) is 100 Å². The molecule has 3 aromatic rings. The van der Waals surface area contributed by atoms with E-state index in [-0.39, 0.29) is 31.0 Å². The van der Waals surface area contributed by atoms with Crippen LogP contribution < -0.4 is 10.1 Å². The molecule has 0 spiro atoms. The predicted octanol–water partition coefficient (Wildman–Crippen LogP) is 5.93. The molecule has 0 radical (unpaired) electrons. The van der Waals surface area contributed by atoms with Crippen molar-refractivity contribution in [3.63, 3.8) is 0 Å². The molecule has 7 heteroatoms. The molecule has 0 aliphatic rings. The minimum Gasteiger partial charge on any atom is -0.484 e. The lowest BCUT2D eigenvalue weighted by atomic mass is 10.0. The number of hydrogen-bond acceptors (Lipinski definition) is 3. The van der Waals surface area contributed by atoms with Gasteiger partial charge < -0.3 is 15.0 Å². The van der Waals surface area contributed by atoms with Crippen LogP contribution in [0.5, 0.6) is 5.75 Å². The van der Waals surface area contributed by atoms with Gasteiger partial charge in [0.25, 0.3) is 5.91 Å². The first kappa shape index (κ1) is 26.6. The molecule has 3 aromatic carbocycles. The first-order valence-electron chi connectivity index (χ1n) is 11.6. The maximum Gasteiger partial charge on any atom is 0.261 e. The van der Waals surface area contributed by atoms with Crippen LogP contribution in [0, 0.1) is 0 Å². The highest BCUT2D eigenvalue weighted by Crippen LogP contribution is 2.20. The molecule has 0 saturated heterocycles. The van der Waals surface area contributed by atoms with E-state index < -0.39 is 6.04 Å². The highest BCUT2D eigenvalue weighted by molar-refractivity contribution is 6.30. The molecule has 0 fully saturated rings. The summed E-state index contributed by atoms with van der Waals surface area (Å²) in [6.45, 7) is 3.97. The summed E-state index contributed by atoms with van der Waals surface area (Å²) in [5.74, 6) is -0.0191. The monoisotopic (exact) mass is 512 g/mol. The van der Waals surface area contributed by atoms with Gasteiger partial charge in [-0.1, -0.05) is 78.7 Å². The normalized spacial score (nSPS) is 12.5. The van der Waals surface area contributed by atoms with Crippen molar-refractivity contribution in [1.29, 1.82) is 0 Å². The molecule has 35 heavy (non-hydrogen) atoms. The smallest absolute Gasteiger partial charge is 0.261 e. The molecule has 0 aromatic heterocycles. The van der Waals surface area contributed by atoms with Crippen LogP contribution in [-0.2, 0) is 22.6 Å². The largest absolute Gasteiger partial charge is 0.484 e. The van der Waals surface area contributed by atoms with E-state index in [0.29, 0.717) is 22.2 Å². The summed E-state index contributed by atoms with van der Waals surface area (Å²) < 4.78 is 5.74. The van der Waals surface area contributed by atoms with Crippen LogP contribution in [0.1, 0.15) is 31.4 Å². The van der Waals surface area contributed by atoms with E-state index in [1.807, 2.05) is 56.3 Å². The van der Waals surface area contributed by atoms with Crippen LogP contribution in [-0.4, -0.2) is 35.4 Å². The molecule has 0 heterocycles. The van der Waals surface area contributed by atoms with E-state index in [0.717, 1.165) is 17.5 Å². The van der Waals surface area contributed by atoms with Crippen LogP contribution in [0.15, 0.2) is 78.9 Å². The zero-order valence-corrected chi connectivity index (χ0v) is 21.4. The van der Waals surface area contributed by atoms with Gasteiger partial charge in [-0.3, -0.25) is 9.59 Å². The Labute approximate surface area is 217 Å². The van der Waals surface area contributed by atoms with E-state index >= 15 is 0 Å². The molecule has 0 aliphatic heterocycles. The van der Waals surface area contributed by atoms with Gasteiger partial charge in [0.15, 0.2) is 6.61 Å². The molecular formula is C28H30Cl2N2O3. The van der Waals surface area contributed by atoms with Crippen molar-refractivity contribution in [2.45, 2.75) is 45.3 Å². The maximum absolute atomic E-state index is 13.5. The zero-order chi connectivity index (χ0) is 25.2. The highest BCUT2D eigenvalue weighted by atomic mass is 35.5. The maximum atomic E-state index is 13.5. The summed E-state index contributed by atoms with van der Waals surface area (Å²) in [7, 11) is 0. The minimum absolute atomic E-state index is 0.0176. The number of ether oxygens (including phenoxy) is 1. The molecule has 5 nitrogen and oxygen atoms in total. The van der Waals surface area contributed by atoms with E-state index in [4.69, 9.17) is 27.9 Å². The third-order valence-corrected chi connectivity index (χ3v) is 6.18. The molecule has 2 unspecified atom stereocenters. The number of carbonyl (C=O) groups is 2. The molecule has 1 N–H and O–H groups in total. The van der Waals surface area contributed by atoms with Crippen LogP contribution in [0.2, 0.25) is 10.0 Å². The van der Waals surface area contributed by atoms with Crippen molar-refractivity contribution < 1.29 is 14.3 Å². The summed E-state index contributed by atoms with van der Waals surface area (Å²) in [4.78, 5) is 28.5. The van der Waals surface area contributed by atoms with E-state index in [2.05, 4.69) is 5.32 Å². The lowest BCUT2D eigenvalue weighted by Gasteiger charge is -2.32. The average Bonchev–Trinajstić information content (AvgIpc) is 2.86. The van der Waals surface area contributed by atoms with Crippen LogP contribution >= 0.6 is 23.2 Å². The van der Waals surface area contributed by atoms with Crippen molar-refractivity contribution in [2.24, 2.45) is 0 Å². The lowest BCUT2D eigenvalue weighted by Crippen LogP contribution is -2.53. The second-order valence-corrected chi connectivity index (χ2v) is 9.29. The third-order valence-electron chi connectivity index (χ3n) is 5.70. The van der Waals surface area contributed by atoms with Crippen molar-refractivity contribution >= 4 is 35.0 Å². The summed E-state index contributed by atoms with van der Waals surface area (Å²) in [5.41, 5.74) is 1.82. The Balaban J connectivity index is 1.90. The van der Waals surface area contributed by atoms with E-state index in [1.54, 1.807) is 41.3 Å².